The Kier molecular flexibility index (Phi) is 8.87. The molecule has 0 aliphatic carbocycles. The van der Waals surface area contributed by atoms with Gasteiger partial charge in [-0.3, -0.25) is 4.79 Å². The van der Waals surface area contributed by atoms with Gasteiger partial charge in [0.2, 0.25) is 10.0 Å². The summed E-state index contributed by atoms with van der Waals surface area (Å²) in [7, 11) is -3.54. The first-order valence-electron chi connectivity index (χ1n) is 10.4. The molecule has 1 amide bonds. The SMILES string of the molecule is CCCN(CCC)S(=O)(=O)c1ccc(NC(=O)c2ccccc2OCC(C)C)cc1. The lowest BCUT2D eigenvalue weighted by Gasteiger charge is -2.21. The molecule has 2 rings (SSSR count). The molecule has 0 aliphatic rings. The van der Waals surface area contributed by atoms with Crippen LogP contribution in [0.25, 0.3) is 0 Å². The van der Waals surface area contributed by atoms with Gasteiger partial charge in [0.25, 0.3) is 5.91 Å². The Morgan fingerprint density at radius 1 is 1.00 bits per heavy atom. The summed E-state index contributed by atoms with van der Waals surface area (Å²) in [5, 5.41) is 2.82. The van der Waals surface area contributed by atoms with E-state index in [4.69, 9.17) is 4.74 Å². The summed E-state index contributed by atoms with van der Waals surface area (Å²) in [5.74, 6) is 0.566. The van der Waals surface area contributed by atoms with E-state index in [2.05, 4.69) is 5.32 Å². The van der Waals surface area contributed by atoms with Crippen molar-refractivity contribution < 1.29 is 17.9 Å². The third-order valence-electron chi connectivity index (χ3n) is 4.40. The fourth-order valence-corrected chi connectivity index (χ4v) is 4.57. The van der Waals surface area contributed by atoms with Crippen LogP contribution >= 0.6 is 0 Å². The third kappa shape index (κ3) is 6.31. The summed E-state index contributed by atoms with van der Waals surface area (Å²) in [4.78, 5) is 12.9. The summed E-state index contributed by atoms with van der Waals surface area (Å²) in [6.45, 7) is 9.49. The van der Waals surface area contributed by atoms with Gasteiger partial charge >= 0.3 is 0 Å². The average molecular weight is 433 g/mol. The van der Waals surface area contributed by atoms with Crippen molar-refractivity contribution in [2.75, 3.05) is 25.0 Å². The molecular weight excluding hydrogens is 400 g/mol. The van der Waals surface area contributed by atoms with Gasteiger partial charge in [0.05, 0.1) is 17.1 Å². The number of nitrogens with one attached hydrogen (secondary N) is 1. The average Bonchev–Trinajstić information content (AvgIpc) is 2.72. The molecule has 0 spiro atoms. The van der Waals surface area contributed by atoms with Crippen molar-refractivity contribution in [1.29, 1.82) is 0 Å². The zero-order valence-electron chi connectivity index (χ0n) is 18.2. The van der Waals surface area contributed by atoms with Gasteiger partial charge < -0.3 is 10.1 Å². The van der Waals surface area contributed by atoms with E-state index in [9.17, 15) is 13.2 Å². The highest BCUT2D eigenvalue weighted by Gasteiger charge is 2.23. The Labute approximate surface area is 180 Å². The van der Waals surface area contributed by atoms with Crippen LogP contribution < -0.4 is 10.1 Å². The van der Waals surface area contributed by atoms with Gasteiger partial charge in [-0.25, -0.2) is 8.42 Å². The lowest BCUT2D eigenvalue weighted by molar-refractivity contribution is 0.102. The second kappa shape index (κ2) is 11.1. The minimum Gasteiger partial charge on any atom is -0.492 e. The van der Waals surface area contributed by atoms with Gasteiger partial charge in [0.1, 0.15) is 5.75 Å². The lowest BCUT2D eigenvalue weighted by Crippen LogP contribution is -2.32. The second-order valence-electron chi connectivity index (χ2n) is 7.58. The second-order valence-corrected chi connectivity index (χ2v) is 9.52. The van der Waals surface area contributed by atoms with Crippen LogP contribution in [-0.2, 0) is 10.0 Å². The lowest BCUT2D eigenvalue weighted by atomic mass is 10.1. The number of para-hydroxylation sites is 1. The van der Waals surface area contributed by atoms with Crippen molar-refractivity contribution in [2.24, 2.45) is 5.92 Å². The smallest absolute Gasteiger partial charge is 0.259 e. The number of benzene rings is 2. The molecule has 0 saturated carbocycles. The Balaban J connectivity index is 2.15. The van der Waals surface area contributed by atoms with Gasteiger partial charge in [-0.1, -0.05) is 39.8 Å². The van der Waals surface area contributed by atoms with Crippen LogP contribution in [0.5, 0.6) is 5.75 Å². The zero-order chi connectivity index (χ0) is 22.1. The molecule has 0 fully saturated rings. The van der Waals surface area contributed by atoms with Crippen molar-refractivity contribution in [2.45, 2.75) is 45.4 Å². The summed E-state index contributed by atoms with van der Waals surface area (Å²) in [6, 6.07) is 13.4. The first-order chi connectivity index (χ1) is 14.3. The maximum Gasteiger partial charge on any atom is 0.259 e. The quantitative estimate of drug-likeness (QED) is 0.554. The fourth-order valence-electron chi connectivity index (χ4n) is 2.95. The topological polar surface area (TPSA) is 75.7 Å². The molecule has 0 atom stereocenters. The number of anilines is 1. The van der Waals surface area contributed by atoms with Gasteiger partial charge in [0, 0.05) is 18.8 Å². The standard InChI is InChI=1S/C23H32N2O4S/c1-5-15-25(16-6-2)30(27,28)20-13-11-19(12-14-20)24-23(26)21-9-7-8-10-22(21)29-17-18(3)4/h7-14,18H,5-6,15-17H2,1-4H3,(H,24,26). The van der Waals surface area contributed by atoms with Crippen LogP contribution in [0.4, 0.5) is 5.69 Å². The largest absolute Gasteiger partial charge is 0.492 e. The number of carbonyl (C=O) groups is 1. The van der Waals surface area contributed by atoms with E-state index in [0.29, 0.717) is 42.6 Å². The molecule has 2 aromatic rings. The van der Waals surface area contributed by atoms with E-state index in [-0.39, 0.29) is 10.8 Å². The monoisotopic (exact) mass is 432 g/mol. The van der Waals surface area contributed by atoms with Gasteiger partial charge in [-0.15, -0.1) is 0 Å². The summed E-state index contributed by atoms with van der Waals surface area (Å²) in [5.41, 5.74) is 0.960. The molecule has 164 valence electrons. The number of rotatable bonds is 11. The maximum absolute atomic E-state index is 12.9. The van der Waals surface area contributed by atoms with E-state index < -0.39 is 10.0 Å². The van der Waals surface area contributed by atoms with Crippen LogP contribution in [0, 0.1) is 5.92 Å². The van der Waals surface area contributed by atoms with Crippen LogP contribution in [0.15, 0.2) is 53.4 Å². The van der Waals surface area contributed by atoms with E-state index in [1.165, 1.54) is 16.4 Å². The Morgan fingerprint density at radius 2 is 1.60 bits per heavy atom. The maximum atomic E-state index is 12.9. The van der Waals surface area contributed by atoms with Crippen molar-refractivity contribution in [3.8, 4) is 5.75 Å². The number of amides is 1. The van der Waals surface area contributed by atoms with Crippen molar-refractivity contribution in [1.82, 2.24) is 4.31 Å². The Morgan fingerprint density at radius 3 is 2.17 bits per heavy atom. The molecule has 1 N–H and O–H groups in total. The summed E-state index contributed by atoms with van der Waals surface area (Å²) >= 11 is 0. The number of hydrogen-bond acceptors (Lipinski definition) is 4. The number of sulfonamides is 1. The van der Waals surface area contributed by atoms with Gasteiger partial charge in [-0.2, -0.15) is 4.31 Å². The molecule has 0 heterocycles. The minimum absolute atomic E-state index is 0.225. The molecule has 7 heteroatoms. The first kappa shape index (κ1) is 23.9. The summed E-state index contributed by atoms with van der Waals surface area (Å²) < 4.78 is 33.0. The number of nitrogens with zero attached hydrogens (tertiary/aromatic N) is 1. The van der Waals surface area contributed by atoms with Crippen LogP contribution in [-0.4, -0.2) is 38.3 Å². The van der Waals surface area contributed by atoms with Crippen molar-refractivity contribution in [3.05, 3.63) is 54.1 Å². The normalized spacial score (nSPS) is 11.7. The Hall–Kier alpha value is -2.38. The molecule has 2 aromatic carbocycles. The molecule has 0 saturated heterocycles. The summed E-state index contributed by atoms with van der Waals surface area (Å²) in [6.07, 6.45) is 1.51. The van der Waals surface area contributed by atoms with E-state index >= 15 is 0 Å². The predicted octanol–water partition coefficient (Wildman–Crippen LogP) is 4.78. The molecule has 0 aromatic heterocycles. The highest BCUT2D eigenvalue weighted by Crippen LogP contribution is 2.22. The number of hydrogen-bond donors (Lipinski definition) is 1. The molecule has 30 heavy (non-hydrogen) atoms. The van der Waals surface area contributed by atoms with E-state index in [1.54, 1.807) is 30.3 Å². The fraction of sp³-hybridized carbons (Fsp3) is 0.435. The van der Waals surface area contributed by atoms with Crippen molar-refractivity contribution in [3.63, 3.8) is 0 Å². The van der Waals surface area contributed by atoms with Gasteiger partial charge in [-0.05, 0) is 55.2 Å². The molecule has 6 nitrogen and oxygen atoms in total. The molecule has 0 unspecified atom stereocenters. The zero-order valence-corrected chi connectivity index (χ0v) is 19.0. The van der Waals surface area contributed by atoms with E-state index in [0.717, 1.165) is 12.8 Å². The molecule has 0 radical (unpaired) electrons. The highest BCUT2D eigenvalue weighted by atomic mass is 32.2. The van der Waals surface area contributed by atoms with Gasteiger partial charge in [0.15, 0.2) is 0 Å². The first-order valence-corrected chi connectivity index (χ1v) is 11.9. The van der Waals surface area contributed by atoms with Crippen LogP contribution in [0.2, 0.25) is 0 Å². The molecular formula is C23H32N2O4S. The highest BCUT2D eigenvalue weighted by molar-refractivity contribution is 7.89. The van der Waals surface area contributed by atoms with Crippen molar-refractivity contribution >= 4 is 21.6 Å². The van der Waals surface area contributed by atoms with Crippen LogP contribution in [0.1, 0.15) is 50.9 Å². The number of carbonyl (C=O) groups excluding carboxylic acids is 1. The Bertz CT molecular complexity index is 918. The van der Waals surface area contributed by atoms with Crippen LogP contribution in [0.3, 0.4) is 0 Å². The van der Waals surface area contributed by atoms with E-state index in [1.807, 2.05) is 33.8 Å². The predicted molar refractivity (Wildman–Crippen MR) is 121 cm³/mol. The minimum atomic E-state index is -3.54. The molecule has 0 bridgehead atoms. The molecule has 0 aliphatic heterocycles. The number of ether oxygens (including phenoxy) is 1. The third-order valence-corrected chi connectivity index (χ3v) is 6.31.